The molecule has 1 aliphatic heterocycles. The highest BCUT2D eigenvalue weighted by molar-refractivity contribution is 7.86. The predicted octanol–water partition coefficient (Wildman–Crippen LogP) is 2.98. The molecule has 0 amide bonds. The van der Waals surface area contributed by atoms with Gasteiger partial charge in [-0.3, -0.25) is 4.79 Å². The summed E-state index contributed by atoms with van der Waals surface area (Å²) >= 11 is 0. The number of nitrogens with zero attached hydrogens (tertiary/aromatic N) is 4. The molecule has 9 heteroatoms. The van der Waals surface area contributed by atoms with Crippen molar-refractivity contribution in [3.63, 3.8) is 0 Å². The number of hydrogen-bond acceptors (Lipinski definition) is 5. The van der Waals surface area contributed by atoms with Gasteiger partial charge in [0, 0.05) is 27.1 Å². The Labute approximate surface area is 184 Å². The van der Waals surface area contributed by atoms with Crippen LogP contribution in [0.5, 0.6) is 5.75 Å². The molecule has 0 N–H and O–H groups in total. The molecule has 2 aliphatic rings. The van der Waals surface area contributed by atoms with Crippen LogP contribution >= 0.6 is 0 Å². The minimum atomic E-state index is -3.62. The molecule has 1 saturated heterocycles. The fraction of sp³-hybridized carbons (Fsp3) is 0.545. The fourth-order valence-corrected chi connectivity index (χ4v) is 5.95. The van der Waals surface area contributed by atoms with Gasteiger partial charge in [-0.15, -0.1) is 0 Å². The van der Waals surface area contributed by atoms with Crippen LogP contribution < -0.4 is 4.74 Å². The van der Waals surface area contributed by atoms with E-state index in [1.807, 2.05) is 28.9 Å². The molecule has 2 heterocycles. The van der Waals surface area contributed by atoms with Crippen molar-refractivity contribution in [1.82, 2.24) is 18.4 Å². The van der Waals surface area contributed by atoms with Gasteiger partial charge in [0.15, 0.2) is 5.78 Å². The molecule has 168 valence electrons. The highest BCUT2D eigenvalue weighted by atomic mass is 32.2. The van der Waals surface area contributed by atoms with Gasteiger partial charge in [0.1, 0.15) is 5.75 Å². The van der Waals surface area contributed by atoms with E-state index in [0.29, 0.717) is 37.1 Å². The van der Waals surface area contributed by atoms with Crippen molar-refractivity contribution in [3.8, 4) is 11.4 Å². The number of benzene rings is 1. The summed E-state index contributed by atoms with van der Waals surface area (Å²) in [6.07, 6.45) is 2.51. The third-order valence-corrected chi connectivity index (χ3v) is 8.12. The van der Waals surface area contributed by atoms with Crippen LogP contribution in [0.4, 0.5) is 0 Å². The Kier molecular flexibility index (Phi) is 5.47. The number of hydrogen-bond donors (Lipinski definition) is 0. The normalized spacial score (nSPS) is 21.5. The molecule has 0 saturated carbocycles. The van der Waals surface area contributed by atoms with E-state index in [2.05, 4.69) is 13.8 Å². The maximum absolute atomic E-state index is 13.3. The van der Waals surface area contributed by atoms with Gasteiger partial charge in [0.25, 0.3) is 10.2 Å². The van der Waals surface area contributed by atoms with Crippen LogP contribution in [0.3, 0.4) is 0 Å². The van der Waals surface area contributed by atoms with Gasteiger partial charge < -0.3 is 4.74 Å². The molecule has 1 aliphatic carbocycles. The summed E-state index contributed by atoms with van der Waals surface area (Å²) in [5, 5.41) is 4.87. The first-order valence-electron chi connectivity index (χ1n) is 10.5. The van der Waals surface area contributed by atoms with Crippen LogP contribution in [0.25, 0.3) is 5.69 Å². The van der Waals surface area contributed by atoms with Crippen molar-refractivity contribution in [2.45, 2.75) is 45.6 Å². The second-order valence-corrected chi connectivity index (χ2v) is 11.4. The Morgan fingerprint density at radius 2 is 1.84 bits per heavy atom. The number of ether oxygens (including phenoxy) is 1. The molecule has 0 spiro atoms. The van der Waals surface area contributed by atoms with Crippen LogP contribution in [0.15, 0.2) is 24.3 Å². The first-order chi connectivity index (χ1) is 14.5. The lowest BCUT2D eigenvalue weighted by Crippen LogP contribution is -2.40. The lowest BCUT2D eigenvalue weighted by molar-refractivity contribution is 0.0908. The van der Waals surface area contributed by atoms with E-state index in [9.17, 15) is 13.2 Å². The second kappa shape index (κ2) is 7.72. The van der Waals surface area contributed by atoms with Gasteiger partial charge in [0.05, 0.1) is 35.8 Å². The lowest BCUT2D eigenvalue weighted by Gasteiger charge is -2.30. The highest BCUT2D eigenvalue weighted by Gasteiger charge is 2.43. The third kappa shape index (κ3) is 3.79. The van der Waals surface area contributed by atoms with Crippen LogP contribution in [-0.2, 0) is 16.6 Å². The first-order valence-corrected chi connectivity index (χ1v) is 11.9. The minimum absolute atomic E-state index is 0.0371. The molecule has 2 aromatic rings. The summed E-state index contributed by atoms with van der Waals surface area (Å²) in [7, 11) is 1.06. The lowest BCUT2D eigenvalue weighted by atomic mass is 9.75. The smallest absolute Gasteiger partial charge is 0.282 e. The predicted molar refractivity (Wildman–Crippen MR) is 118 cm³/mol. The van der Waals surface area contributed by atoms with Crippen molar-refractivity contribution in [2.24, 2.45) is 5.41 Å². The SMILES string of the molecule is COc1ccc(-n2nc([C@@H]3CCCN3S(=O)(=O)N(C)C)c3c2CC(C)(C)CC3=O)cc1. The first kappa shape index (κ1) is 22.0. The molecule has 1 atom stereocenters. The van der Waals surface area contributed by atoms with Crippen LogP contribution in [0, 0.1) is 5.41 Å². The molecule has 4 rings (SSSR count). The van der Waals surface area contributed by atoms with E-state index in [4.69, 9.17) is 9.84 Å². The Morgan fingerprint density at radius 3 is 2.45 bits per heavy atom. The molecule has 0 unspecified atom stereocenters. The number of fused-ring (bicyclic) bond motifs is 1. The quantitative estimate of drug-likeness (QED) is 0.705. The topological polar surface area (TPSA) is 84.7 Å². The minimum Gasteiger partial charge on any atom is -0.497 e. The molecular weight excluding hydrogens is 416 g/mol. The summed E-state index contributed by atoms with van der Waals surface area (Å²) in [4.78, 5) is 13.3. The third-order valence-electron chi connectivity index (χ3n) is 6.17. The van der Waals surface area contributed by atoms with Gasteiger partial charge in [-0.2, -0.15) is 22.1 Å². The molecular formula is C22H30N4O4S. The largest absolute Gasteiger partial charge is 0.497 e. The van der Waals surface area contributed by atoms with Crippen molar-refractivity contribution in [2.75, 3.05) is 27.7 Å². The van der Waals surface area contributed by atoms with Crippen molar-refractivity contribution in [3.05, 3.63) is 41.2 Å². The number of carbonyl (C=O) groups is 1. The molecule has 0 radical (unpaired) electrons. The zero-order valence-corrected chi connectivity index (χ0v) is 19.6. The van der Waals surface area contributed by atoms with Crippen molar-refractivity contribution < 1.29 is 17.9 Å². The summed E-state index contributed by atoms with van der Waals surface area (Å²) in [6.45, 7) is 4.59. The van der Waals surface area contributed by atoms with E-state index in [1.165, 1.54) is 22.7 Å². The Balaban J connectivity index is 1.88. The average Bonchev–Trinajstić information content (AvgIpc) is 3.32. The van der Waals surface area contributed by atoms with Gasteiger partial charge >= 0.3 is 0 Å². The van der Waals surface area contributed by atoms with E-state index < -0.39 is 16.3 Å². The zero-order chi connectivity index (χ0) is 22.6. The van der Waals surface area contributed by atoms with E-state index in [0.717, 1.165) is 23.6 Å². The standard InChI is InChI=1S/C22H30N4O4S/c1-22(2)13-18-20(19(27)14-22)21(17-7-6-12-25(17)31(28,29)24(3)4)23-26(18)15-8-10-16(30-5)11-9-15/h8-11,17H,6-7,12-14H2,1-5H3/t17-/m0/s1. The van der Waals surface area contributed by atoms with Crippen LogP contribution in [0.1, 0.15) is 60.9 Å². The molecule has 1 aromatic heterocycles. The number of methoxy groups -OCH3 is 1. The van der Waals surface area contributed by atoms with Crippen LogP contribution in [-0.4, -0.2) is 60.3 Å². The highest BCUT2D eigenvalue weighted by Crippen LogP contribution is 2.43. The monoisotopic (exact) mass is 446 g/mol. The summed E-state index contributed by atoms with van der Waals surface area (Å²) in [5.41, 5.74) is 2.68. The van der Waals surface area contributed by atoms with E-state index in [1.54, 1.807) is 7.11 Å². The van der Waals surface area contributed by atoms with Gasteiger partial charge in [-0.05, 0) is 48.9 Å². The number of ketones is 1. The van der Waals surface area contributed by atoms with Crippen LogP contribution in [0.2, 0.25) is 0 Å². The van der Waals surface area contributed by atoms with E-state index >= 15 is 0 Å². The zero-order valence-electron chi connectivity index (χ0n) is 18.8. The number of rotatable bonds is 5. The average molecular weight is 447 g/mol. The van der Waals surface area contributed by atoms with Gasteiger partial charge in [0.2, 0.25) is 0 Å². The molecule has 8 nitrogen and oxygen atoms in total. The van der Waals surface area contributed by atoms with Crippen molar-refractivity contribution in [1.29, 1.82) is 0 Å². The summed E-state index contributed by atoms with van der Waals surface area (Å²) in [6, 6.07) is 7.09. The Morgan fingerprint density at radius 1 is 1.16 bits per heavy atom. The second-order valence-electron chi connectivity index (χ2n) is 9.32. The Hall–Kier alpha value is -2.23. The maximum atomic E-state index is 13.3. The fourth-order valence-electron chi connectivity index (χ4n) is 4.65. The number of carbonyl (C=O) groups excluding carboxylic acids is 1. The maximum Gasteiger partial charge on any atom is 0.282 e. The van der Waals surface area contributed by atoms with E-state index in [-0.39, 0.29) is 11.2 Å². The molecule has 1 fully saturated rings. The molecule has 1 aromatic carbocycles. The van der Waals surface area contributed by atoms with Gasteiger partial charge in [-0.1, -0.05) is 13.8 Å². The summed E-state index contributed by atoms with van der Waals surface area (Å²) in [5.74, 6) is 0.774. The van der Waals surface area contributed by atoms with Gasteiger partial charge in [-0.25, -0.2) is 4.68 Å². The van der Waals surface area contributed by atoms with Crippen molar-refractivity contribution >= 4 is 16.0 Å². The number of aromatic nitrogens is 2. The molecule has 0 bridgehead atoms. The molecule has 31 heavy (non-hydrogen) atoms. The number of Topliss-reactive ketones (excluding diaryl/α,β-unsaturated/α-hetero) is 1. The Bertz CT molecular complexity index is 1100. The summed E-state index contributed by atoms with van der Waals surface area (Å²) < 4.78 is 35.7.